The zero-order chi connectivity index (χ0) is 9.68. The standard InChI is InChI=1S/C12H15N/c1-10-6-7-12(9-11(10)2)5-3-4-8-13/h6-7,9H,3-5H2,1-2H3. The van der Waals surface area contributed by atoms with Crippen molar-refractivity contribution in [2.24, 2.45) is 0 Å². The second kappa shape index (κ2) is 4.67. The molecule has 0 fully saturated rings. The second-order valence-corrected chi connectivity index (χ2v) is 3.43. The summed E-state index contributed by atoms with van der Waals surface area (Å²) in [6.45, 7) is 4.25. The molecule has 0 radical (unpaired) electrons. The maximum atomic E-state index is 8.39. The fraction of sp³-hybridized carbons (Fsp3) is 0.417. The van der Waals surface area contributed by atoms with Crippen LogP contribution in [0.3, 0.4) is 0 Å². The number of rotatable bonds is 3. The molecular formula is C12H15N. The Balaban J connectivity index is 2.59. The minimum absolute atomic E-state index is 0.660. The van der Waals surface area contributed by atoms with Gasteiger partial charge in [-0.2, -0.15) is 5.26 Å². The lowest BCUT2D eigenvalue weighted by molar-refractivity contribution is 0.849. The monoisotopic (exact) mass is 173 g/mol. The Hall–Kier alpha value is -1.29. The Morgan fingerprint density at radius 3 is 2.62 bits per heavy atom. The van der Waals surface area contributed by atoms with Crippen molar-refractivity contribution in [1.82, 2.24) is 0 Å². The van der Waals surface area contributed by atoms with Crippen molar-refractivity contribution in [3.8, 4) is 6.07 Å². The number of nitrogens with zero attached hydrogens (tertiary/aromatic N) is 1. The molecule has 1 aromatic rings. The molecule has 0 saturated carbocycles. The van der Waals surface area contributed by atoms with E-state index in [4.69, 9.17) is 5.26 Å². The van der Waals surface area contributed by atoms with Gasteiger partial charge in [-0.1, -0.05) is 18.2 Å². The van der Waals surface area contributed by atoms with Crippen molar-refractivity contribution in [2.75, 3.05) is 0 Å². The zero-order valence-corrected chi connectivity index (χ0v) is 8.30. The molecule has 0 bridgehead atoms. The van der Waals surface area contributed by atoms with Crippen LogP contribution >= 0.6 is 0 Å². The molecule has 0 amide bonds. The smallest absolute Gasteiger partial charge is 0.0621 e. The van der Waals surface area contributed by atoms with Gasteiger partial charge >= 0.3 is 0 Å². The van der Waals surface area contributed by atoms with E-state index in [9.17, 15) is 0 Å². The molecular weight excluding hydrogens is 158 g/mol. The van der Waals surface area contributed by atoms with Gasteiger partial charge in [-0.05, 0) is 43.4 Å². The summed E-state index contributed by atoms with van der Waals surface area (Å²) in [4.78, 5) is 0. The molecule has 13 heavy (non-hydrogen) atoms. The van der Waals surface area contributed by atoms with E-state index < -0.39 is 0 Å². The summed E-state index contributed by atoms with van der Waals surface area (Å²) in [6, 6.07) is 8.68. The quantitative estimate of drug-likeness (QED) is 0.644. The van der Waals surface area contributed by atoms with Gasteiger partial charge in [0.15, 0.2) is 0 Å². The van der Waals surface area contributed by atoms with Gasteiger partial charge in [-0.15, -0.1) is 0 Å². The fourth-order valence-corrected chi connectivity index (χ4v) is 1.33. The van der Waals surface area contributed by atoms with Crippen LogP contribution in [0.5, 0.6) is 0 Å². The van der Waals surface area contributed by atoms with Crippen LogP contribution in [0, 0.1) is 25.2 Å². The third-order valence-electron chi connectivity index (χ3n) is 2.33. The predicted octanol–water partition coefficient (Wildman–Crippen LogP) is 3.15. The summed E-state index contributed by atoms with van der Waals surface area (Å²) in [5, 5.41) is 8.39. The van der Waals surface area contributed by atoms with Crippen LogP contribution in [0.1, 0.15) is 29.5 Å². The van der Waals surface area contributed by atoms with Gasteiger partial charge in [0.25, 0.3) is 0 Å². The molecule has 1 nitrogen and oxygen atoms in total. The molecule has 0 aliphatic heterocycles. The first-order chi connectivity index (χ1) is 6.24. The second-order valence-electron chi connectivity index (χ2n) is 3.43. The molecule has 0 atom stereocenters. The molecule has 0 heterocycles. The molecule has 0 saturated heterocycles. The van der Waals surface area contributed by atoms with Gasteiger partial charge in [0, 0.05) is 6.42 Å². The Morgan fingerprint density at radius 1 is 1.23 bits per heavy atom. The number of aryl methyl sites for hydroxylation is 3. The molecule has 0 spiro atoms. The Bertz CT molecular complexity index is 320. The number of hydrogen-bond donors (Lipinski definition) is 0. The lowest BCUT2D eigenvalue weighted by Gasteiger charge is -2.03. The Morgan fingerprint density at radius 2 is 2.00 bits per heavy atom. The topological polar surface area (TPSA) is 23.8 Å². The normalized spacial score (nSPS) is 9.62. The third kappa shape index (κ3) is 2.91. The van der Waals surface area contributed by atoms with Crippen LogP contribution in [-0.4, -0.2) is 0 Å². The van der Waals surface area contributed by atoms with E-state index >= 15 is 0 Å². The van der Waals surface area contributed by atoms with Crippen molar-refractivity contribution in [3.63, 3.8) is 0 Å². The Kier molecular flexibility index (Phi) is 3.52. The van der Waals surface area contributed by atoms with E-state index in [0.29, 0.717) is 6.42 Å². The molecule has 0 N–H and O–H groups in total. The van der Waals surface area contributed by atoms with Crippen LogP contribution in [-0.2, 0) is 6.42 Å². The summed E-state index contributed by atoms with van der Waals surface area (Å²) in [5.74, 6) is 0. The summed E-state index contributed by atoms with van der Waals surface area (Å²) < 4.78 is 0. The first-order valence-corrected chi connectivity index (χ1v) is 4.67. The molecule has 0 unspecified atom stereocenters. The summed E-state index contributed by atoms with van der Waals surface area (Å²) in [7, 11) is 0. The molecule has 0 aromatic heterocycles. The molecule has 0 aliphatic rings. The number of unbranched alkanes of at least 4 members (excludes halogenated alkanes) is 1. The maximum absolute atomic E-state index is 8.39. The first-order valence-electron chi connectivity index (χ1n) is 4.67. The molecule has 0 aliphatic carbocycles. The van der Waals surface area contributed by atoms with E-state index in [0.717, 1.165) is 12.8 Å². The van der Waals surface area contributed by atoms with E-state index in [2.05, 4.69) is 38.1 Å². The van der Waals surface area contributed by atoms with E-state index in [1.807, 2.05) is 0 Å². The maximum Gasteiger partial charge on any atom is 0.0621 e. The summed E-state index contributed by atoms with van der Waals surface area (Å²) >= 11 is 0. The largest absolute Gasteiger partial charge is 0.198 e. The average molecular weight is 173 g/mol. The van der Waals surface area contributed by atoms with Crippen LogP contribution < -0.4 is 0 Å². The lowest BCUT2D eigenvalue weighted by Crippen LogP contribution is -1.88. The Labute approximate surface area is 80.0 Å². The number of hydrogen-bond acceptors (Lipinski definition) is 1. The third-order valence-corrected chi connectivity index (χ3v) is 2.33. The summed E-state index contributed by atoms with van der Waals surface area (Å²) in [5.41, 5.74) is 4.02. The minimum Gasteiger partial charge on any atom is -0.198 e. The van der Waals surface area contributed by atoms with Crippen molar-refractivity contribution < 1.29 is 0 Å². The average Bonchev–Trinajstić information content (AvgIpc) is 2.12. The molecule has 1 rings (SSSR count). The highest BCUT2D eigenvalue weighted by atomic mass is 14.2. The number of nitriles is 1. The van der Waals surface area contributed by atoms with Crippen LogP contribution in [0.4, 0.5) is 0 Å². The molecule has 68 valence electrons. The van der Waals surface area contributed by atoms with Gasteiger partial charge in [0.1, 0.15) is 0 Å². The fourth-order valence-electron chi connectivity index (χ4n) is 1.33. The van der Waals surface area contributed by atoms with Gasteiger partial charge < -0.3 is 0 Å². The highest BCUT2D eigenvalue weighted by molar-refractivity contribution is 5.29. The van der Waals surface area contributed by atoms with Gasteiger partial charge in [-0.3, -0.25) is 0 Å². The highest BCUT2D eigenvalue weighted by Crippen LogP contribution is 2.11. The highest BCUT2D eigenvalue weighted by Gasteiger charge is 1.95. The minimum atomic E-state index is 0.660. The predicted molar refractivity (Wildman–Crippen MR) is 54.5 cm³/mol. The van der Waals surface area contributed by atoms with E-state index in [-0.39, 0.29) is 0 Å². The van der Waals surface area contributed by atoms with Crippen molar-refractivity contribution in [1.29, 1.82) is 5.26 Å². The SMILES string of the molecule is Cc1ccc(CCCC#N)cc1C. The van der Waals surface area contributed by atoms with Gasteiger partial charge in [0.05, 0.1) is 6.07 Å². The van der Waals surface area contributed by atoms with Gasteiger partial charge in [0.2, 0.25) is 0 Å². The van der Waals surface area contributed by atoms with Crippen LogP contribution in [0.25, 0.3) is 0 Å². The summed E-state index contributed by atoms with van der Waals surface area (Å²) in [6.07, 6.45) is 2.65. The van der Waals surface area contributed by atoms with Crippen LogP contribution in [0.15, 0.2) is 18.2 Å². The van der Waals surface area contributed by atoms with Crippen molar-refractivity contribution in [2.45, 2.75) is 33.1 Å². The van der Waals surface area contributed by atoms with E-state index in [1.165, 1.54) is 16.7 Å². The van der Waals surface area contributed by atoms with Crippen molar-refractivity contribution >= 4 is 0 Å². The molecule has 1 heteroatoms. The van der Waals surface area contributed by atoms with E-state index in [1.54, 1.807) is 0 Å². The van der Waals surface area contributed by atoms with Crippen LogP contribution in [0.2, 0.25) is 0 Å². The first kappa shape index (κ1) is 9.80. The zero-order valence-electron chi connectivity index (χ0n) is 8.30. The number of benzene rings is 1. The van der Waals surface area contributed by atoms with Gasteiger partial charge in [-0.25, -0.2) is 0 Å². The lowest BCUT2D eigenvalue weighted by atomic mass is 10.0. The molecule has 1 aromatic carbocycles. The van der Waals surface area contributed by atoms with Crippen molar-refractivity contribution in [3.05, 3.63) is 34.9 Å².